The molecule has 0 radical (unpaired) electrons. The summed E-state index contributed by atoms with van der Waals surface area (Å²) < 4.78 is 5.53. The quantitative estimate of drug-likeness (QED) is 0.535. The molecule has 0 aliphatic heterocycles. The Morgan fingerprint density at radius 3 is 2.53 bits per heavy atom. The standard InChI is InChI=1S/C16H33NO2/c1-2-3-4-5-6-9-12-19-14-16(18)13-17-15-10-7-8-11-15/h15-18H,2-14H2,1H3. The maximum absolute atomic E-state index is 9.79. The van der Waals surface area contributed by atoms with Crippen LogP contribution in [0.1, 0.15) is 71.1 Å². The van der Waals surface area contributed by atoms with E-state index in [9.17, 15) is 5.11 Å². The molecule has 19 heavy (non-hydrogen) atoms. The minimum atomic E-state index is -0.347. The highest BCUT2D eigenvalue weighted by molar-refractivity contribution is 4.74. The maximum atomic E-state index is 9.79. The van der Waals surface area contributed by atoms with E-state index < -0.39 is 0 Å². The molecule has 0 aromatic rings. The fourth-order valence-electron chi connectivity index (χ4n) is 2.70. The van der Waals surface area contributed by atoms with Gasteiger partial charge in [0.15, 0.2) is 0 Å². The molecule has 1 aliphatic rings. The van der Waals surface area contributed by atoms with Crippen LogP contribution in [-0.2, 0) is 4.74 Å². The molecule has 1 aliphatic carbocycles. The van der Waals surface area contributed by atoms with E-state index in [2.05, 4.69) is 12.2 Å². The van der Waals surface area contributed by atoms with E-state index in [1.54, 1.807) is 0 Å². The van der Waals surface area contributed by atoms with Gasteiger partial charge in [0.1, 0.15) is 0 Å². The first-order chi connectivity index (χ1) is 9.33. The van der Waals surface area contributed by atoms with Gasteiger partial charge >= 0.3 is 0 Å². The average molecular weight is 271 g/mol. The van der Waals surface area contributed by atoms with Gasteiger partial charge < -0.3 is 15.2 Å². The van der Waals surface area contributed by atoms with Crippen molar-refractivity contribution in [3.63, 3.8) is 0 Å². The molecular formula is C16H33NO2. The van der Waals surface area contributed by atoms with Crippen molar-refractivity contribution < 1.29 is 9.84 Å². The molecular weight excluding hydrogens is 238 g/mol. The normalized spacial score (nSPS) is 18.0. The van der Waals surface area contributed by atoms with Crippen LogP contribution in [0.3, 0.4) is 0 Å². The molecule has 1 rings (SSSR count). The van der Waals surface area contributed by atoms with Gasteiger partial charge in [0.25, 0.3) is 0 Å². The van der Waals surface area contributed by atoms with Crippen LogP contribution in [0.15, 0.2) is 0 Å². The zero-order valence-corrected chi connectivity index (χ0v) is 12.7. The molecule has 114 valence electrons. The monoisotopic (exact) mass is 271 g/mol. The fourth-order valence-corrected chi connectivity index (χ4v) is 2.70. The Morgan fingerprint density at radius 2 is 1.79 bits per heavy atom. The van der Waals surface area contributed by atoms with Gasteiger partial charge in [-0.05, 0) is 19.3 Å². The summed E-state index contributed by atoms with van der Waals surface area (Å²) >= 11 is 0. The summed E-state index contributed by atoms with van der Waals surface area (Å²) in [7, 11) is 0. The number of hydrogen-bond donors (Lipinski definition) is 2. The van der Waals surface area contributed by atoms with Crippen LogP contribution in [0.5, 0.6) is 0 Å². The third kappa shape index (κ3) is 9.42. The van der Waals surface area contributed by atoms with E-state index in [1.807, 2.05) is 0 Å². The lowest BCUT2D eigenvalue weighted by atomic mass is 10.1. The highest BCUT2D eigenvalue weighted by atomic mass is 16.5. The predicted octanol–water partition coefficient (Wildman–Crippen LogP) is 3.26. The third-order valence-electron chi connectivity index (χ3n) is 3.95. The van der Waals surface area contributed by atoms with Crippen LogP contribution >= 0.6 is 0 Å². The van der Waals surface area contributed by atoms with Crippen molar-refractivity contribution in [1.82, 2.24) is 5.32 Å². The maximum Gasteiger partial charge on any atom is 0.0897 e. The van der Waals surface area contributed by atoms with E-state index in [1.165, 1.54) is 57.8 Å². The minimum Gasteiger partial charge on any atom is -0.389 e. The van der Waals surface area contributed by atoms with Gasteiger partial charge in [-0.1, -0.05) is 51.9 Å². The number of nitrogens with one attached hydrogen (secondary N) is 1. The molecule has 1 unspecified atom stereocenters. The van der Waals surface area contributed by atoms with Crippen LogP contribution in [-0.4, -0.2) is 37.0 Å². The van der Waals surface area contributed by atoms with Crippen molar-refractivity contribution in [2.45, 2.75) is 83.3 Å². The first-order valence-corrected chi connectivity index (χ1v) is 8.32. The number of unbranched alkanes of at least 4 members (excludes halogenated alkanes) is 5. The molecule has 3 heteroatoms. The molecule has 1 fully saturated rings. The Hall–Kier alpha value is -0.120. The van der Waals surface area contributed by atoms with Crippen molar-refractivity contribution in [1.29, 1.82) is 0 Å². The second-order valence-corrected chi connectivity index (χ2v) is 5.89. The molecule has 0 heterocycles. The molecule has 2 N–H and O–H groups in total. The first-order valence-electron chi connectivity index (χ1n) is 8.32. The highest BCUT2D eigenvalue weighted by Gasteiger charge is 2.15. The van der Waals surface area contributed by atoms with Crippen LogP contribution < -0.4 is 5.32 Å². The van der Waals surface area contributed by atoms with Crippen molar-refractivity contribution >= 4 is 0 Å². The Labute approximate surface area is 119 Å². The predicted molar refractivity (Wildman–Crippen MR) is 80.5 cm³/mol. The van der Waals surface area contributed by atoms with Gasteiger partial charge in [0, 0.05) is 19.2 Å². The van der Waals surface area contributed by atoms with E-state index in [4.69, 9.17) is 4.74 Å². The summed E-state index contributed by atoms with van der Waals surface area (Å²) in [5.74, 6) is 0. The lowest BCUT2D eigenvalue weighted by Crippen LogP contribution is -2.36. The molecule has 0 amide bonds. The average Bonchev–Trinajstić information content (AvgIpc) is 2.93. The van der Waals surface area contributed by atoms with E-state index in [0.29, 0.717) is 19.2 Å². The Morgan fingerprint density at radius 1 is 1.11 bits per heavy atom. The number of aliphatic hydroxyl groups is 1. The molecule has 3 nitrogen and oxygen atoms in total. The second kappa shape index (κ2) is 11.7. The summed E-state index contributed by atoms with van der Waals surface area (Å²) in [5.41, 5.74) is 0. The van der Waals surface area contributed by atoms with Gasteiger partial charge in [-0.3, -0.25) is 0 Å². The van der Waals surface area contributed by atoms with Crippen molar-refractivity contribution in [3.8, 4) is 0 Å². The van der Waals surface area contributed by atoms with Gasteiger partial charge in [-0.25, -0.2) is 0 Å². The van der Waals surface area contributed by atoms with E-state index in [-0.39, 0.29) is 6.10 Å². The largest absolute Gasteiger partial charge is 0.389 e. The Bertz CT molecular complexity index is 193. The Kier molecular flexibility index (Phi) is 10.4. The molecule has 1 atom stereocenters. The van der Waals surface area contributed by atoms with Crippen LogP contribution in [0.25, 0.3) is 0 Å². The van der Waals surface area contributed by atoms with Gasteiger partial charge in [0.05, 0.1) is 12.7 Å². The Balaban J connectivity index is 1.80. The number of rotatable bonds is 12. The van der Waals surface area contributed by atoms with Crippen LogP contribution in [0.4, 0.5) is 0 Å². The lowest BCUT2D eigenvalue weighted by Gasteiger charge is -2.16. The van der Waals surface area contributed by atoms with Crippen LogP contribution in [0, 0.1) is 0 Å². The fraction of sp³-hybridized carbons (Fsp3) is 1.00. The van der Waals surface area contributed by atoms with Gasteiger partial charge in [-0.15, -0.1) is 0 Å². The van der Waals surface area contributed by atoms with Gasteiger partial charge in [0.2, 0.25) is 0 Å². The molecule has 0 aromatic heterocycles. The van der Waals surface area contributed by atoms with E-state index in [0.717, 1.165) is 13.0 Å². The van der Waals surface area contributed by atoms with E-state index >= 15 is 0 Å². The van der Waals surface area contributed by atoms with Gasteiger partial charge in [-0.2, -0.15) is 0 Å². The third-order valence-corrected chi connectivity index (χ3v) is 3.95. The second-order valence-electron chi connectivity index (χ2n) is 5.89. The number of aliphatic hydroxyl groups excluding tert-OH is 1. The summed E-state index contributed by atoms with van der Waals surface area (Å²) in [6, 6.07) is 0.633. The van der Waals surface area contributed by atoms with Crippen LogP contribution in [0.2, 0.25) is 0 Å². The smallest absolute Gasteiger partial charge is 0.0897 e. The lowest BCUT2D eigenvalue weighted by molar-refractivity contribution is 0.0342. The molecule has 0 bridgehead atoms. The van der Waals surface area contributed by atoms with Crippen molar-refractivity contribution in [2.75, 3.05) is 19.8 Å². The zero-order valence-electron chi connectivity index (χ0n) is 12.7. The number of ether oxygens (including phenoxy) is 1. The molecule has 1 saturated carbocycles. The summed E-state index contributed by atoms with van der Waals surface area (Å²) in [4.78, 5) is 0. The molecule has 0 saturated heterocycles. The first kappa shape index (κ1) is 16.9. The topological polar surface area (TPSA) is 41.5 Å². The van der Waals surface area contributed by atoms with Crippen molar-refractivity contribution in [2.24, 2.45) is 0 Å². The summed E-state index contributed by atoms with van der Waals surface area (Å²) in [6.07, 6.45) is 12.6. The number of hydrogen-bond acceptors (Lipinski definition) is 3. The summed E-state index contributed by atoms with van der Waals surface area (Å²) in [6.45, 7) is 4.20. The molecule has 0 aromatic carbocycles. The molecule has 0 spiro atoms. The van der Waals surface area contributed by atoms with Crippen molar-refractivity contribution in [3.05, 3.63) is 0 Å². The highest BCUT2D eigenvalue weighted by Crippen LogP contribution is 2.17. The zero-order chi connectivity index (χ0) is 13.8. The minimum absolute atomic E-state index is 0.347. The SMILES string of the molecule is CCCCCCCCOCC(O)CNC1CCCC1. The summed E-state index contributed by atoms with van der Waals surface area (Å²) in [5, 5.41) is 13.2.